The molecule has 0 fully saturated rings. The van der Waals surface area contributed by atoms with E-state index in [2.05, 4.69) is 5.32 Å². The van der Waals surface area contributed by atoms with Gasteiger partial charge in [-0.2, -0.15) is 0 Å². The van der Waals surface area contributed by atoms with Crippen molar-refractivity contribution in [1.29, 1.82) is 0 Å². The van der Waals surface area contributed by atoms with Gasteiger partial charge in [-0.3, -0.25) is 4.79 Å². The highest BCUT2D eigenvalue weighted by molar-refractivity contribution is 7.98. The number of rotatable bonds is 3. The molecule has 0 bridgehead atoms. The van der Waals surface area contributed by atoms with E-state index in [1.807, 2.05) is 61.7 Å². The molecule has 0 unspecified atom stereocenters. The Bertz CT molecular complexity index is 790. The zero-order valence-corrected chi connectivity index (χ0v) is 12.7. The molecule has 0 saturated heterocycles. The number of nitrogens with one attached hydrogen (secondary N) is 1. The topological polar surface area (TPSA) is 42.2 Å². The maximum absolute atomic E-state index is 12.3. The van der Waals surface area contributed by atoms with Crippen molar-refractivity contribution in [2.45, 2.75) is 11.8 Å². The standard InChI is InChI=1S/C17H15NO2S/c1-11-14-5-3-4-6-15(14)20-16(11)17(19)18-12-7-9-13(21-2)10-8-12/h3-10H,1-2H3,(H,18,19). The number of aryl methyl sites for hydroxylation is 1. The van der Waals surface area contributed by atoms with Gasteiger partial charge in [0.15, 0.2) is 5.76 Å². The van der Waals surface area contributed by atoms with Crippen LogP contribution in [0.15, 0.2) is 57.8 Å². The number of hydrogen-bond acceptors (Lipinski definition) is 3. The minimum atomic E-state index is -0.222. The smallest absolute Gasteiger partial charge is 0.291 e. The van der Waals surface area contributed by atoms with E-state index in [0.29, 0.717) is 5.76 Å². The second-order valence-electron chi connectivity index (χ2n) is 4.73. The minimum Gasteiger partial charge on any atom is -0.451 e. The first-order valence-corrected chi connectivity index (χ1v) is 7.85. The average molecular weight is 297 g/mol. The predicted molar refractivity (Wildman–Crippen MR) is 87.1 cm³/mol. The quantitative estimate of drug-likeness (QED) is 0.711. The third-order valence-corrected chi connectivity index (χ3v) is 4.14. The molecule has 3 aromatic rings. The summed E-state index contributed by atoms with van der Waals surface area (Å²) < 4.78 is 5.66. The number of benzene rings is 2. The summed E-state index contributed by atoms with van der Waals surface area (Å²) in [6.07, 6.45) is 2.02. The van der Waals surface area contributed by atoms with Crippen molar-refractivity contribution in [1.82, 2.24) is 0 Å². The number of fused-ring (bicyclic) bond motifs is 1. The van der Waals surface area contributed by atoms with Gasteiger partial charge >= 0.3 is 0 Å². The molecule has 21 heavy (non-hydrogen) atoms. The summed E-state index contributed by atoms with van der Waals surface area (Å²) >= 11 is 1.67. The van der Waals surface area contributed by atoms with Crippen molar-refractivity contribution in [3.05, 3.63) is 59.9 Å². The van der Waals surface area contributed by atoms with E-state index in [1.165, 1.54) is 0 Å². The molecule has 0 atom stereocenters. The summed E-state index contributed by atoms with van der Waals surface area (Å²) in [5.74, 6) is 0.144. The van der Waals surface area contributed by atoms with Crippen LogP contribution in [-0.4, -0.2) is 12.2 Å². The lowest BCUT2D eigenvalue weighted by molar-refractivity contribution is 0.0998. The van der Waals surface area contributed by atoms with Gasteiger partial charge in [0.1, 0.15) is 5.58 Å². The van der Waals surface area contributed by atoms with Crippen molar-refractivity contribution in [2.75, 3.05) is 11.6 Å². The second kappa shape index (κ2) is 5.66. The van der Waals surface area contributed by atoms with Crippen LogP contribution < -0.4 is 5.32 Å². The Morgan fingerprint density at radius 2 is 1.81 bits per heavy atom. The van der Waals surface area contributed by atoms with Gasteiger partial charge in [-0.25, -0.2) is 0 Å². The van der Waals surface area contributed by atoms with E-state index in [-0.39, 0.29) is 5.91 Å². The molecule has 0 aliphatic heterocycles. The van der Waals surface area contributed by atoms with Gasteiger partial charge in [0, 0.05) is 21.5 Å². The molecule has 4 heteroatoms. The second-order valence-corrected chi connectivity index (χ2v) is 5.61. The highest BCUT2D eigenvalue weighted by atomic mass is 32.2. The van der Waals surface area contributed by atoms with E-state index in [0.717, 1.165) is 27.1 Å². The fourth-order valence-electron chi connectivity index (χ4n) is 2.25. The molecule has 0 radical (unpaired) electrons. The van der Waals surface area contributed by atoms with Crippen LogP contribution in [0.4, 0.5) is 5.69 Å². The van der Waals surface area contributed by atoms with Crippen LogP contribution in [-0.2, 0) is 0 Å². The molecule has 0 spiro atoms. The molecular weight excluding hydrogens is 282 g/mol. The summed E-state index contributed by atoms with van der Waals surface area (Å²) in [6, 6.07) is 15.4. The van der Waals surface area contributed by atoms with Crippen LogP contribution in [0.25, 0.3) is 11.0 Å². The van der Waals surface area contributed by atoms with E-state index in [1.54, 1.807) is 11.8 Å². The zero-order chi connectivity index (χ0) is 14.8. The fourth-order valence-corrected chi connectivity index (χ4v) is 2.66. The van der Waals surface area contributed by atoms with Crippen LogP contribution in [0, 0.1) is 6.92 Å². The van der Waals surface area contributed by atoms with Gasteiger partial charge in [0.2, 0.25) is 0 Å². The normalized spacial score (nSPS) is 10.8. The number of carbonyl (C=O) groups excluding carboxylic acids is 1. The number of carbonyl (C=O) groups is 1. The van der Waals surface area contributed by atoms with Gasteiger partial charge in [-0.15, -0.1) is 11.8 Å². The number of furan rings is 1. The summed E-state index contributed by atoms with van der Waals surface area (Å²) in [5.41, 5.74) is 2.36. The first kappa shape index (κ1) is 13.8. The Hall–Kier alpha value is -2.20. The van der Waals surface area contributed by atoms with Gasteiger partial charge < -0.3 is 9.73 Å². The molecule has 3 rings (SSSR count). The third-order valence-electron chi connectivity index (χ3n) is 3.40. The summed E-state index contributed by atoms with van der Waals surface area (Å²) in [4.78, 5) is 13.5. The zero-order valence-electron chi connectivity index (χ0n) is 11.8. The first-order chi connectivity index (χ1) is 10.2. The molecule has 106 valence electrons. The predicted octanol–water partition coefficient (Wildman–Crippen LogP) is 4.72. The van der Waals surface area contributed by atoms with Gasteiger partial charge in [0.25, 0.3) is 5.91 Å². The molecule has 3 nitrogen and oxygen atoms in total. The van der Waals surface area contributed by atoms with E-state index < -0.39 is 0 Å². The lowest BCUT2D eigenvalue weighted by Crippen LogP contribution is -2.11. The molecule has 0 aliphatic carbocycles. The molecule has 1 amide bonds. The highest BCUT2D eigenvalue weighted by Gasteiger charge is 2.17. The maximum Gasteiger partial charge on any atom is 0.291 e. The Balaban J connectivity index is 1.87. The maximum atomic E-state index is 12.3. The molecular formula is C17H15NO2S. The fraction of sp³-hybridized carbons (Fsp3) is 0.118. The highest BCUT2D eigenvalue weighted by Crippen LogP contribution is 2.26. The SMILES string of the molecule is CSc1ccc(NC(=O)c2oc3ccccc3c2C)cc1. The van der Waals surface area contributed by atoms with Crippen molar-refractivity contribution in [2.24, 2.45) is 0 Å². The number of amides is 1. The number of hydrogen-bond donors (Lipinski definition) is 1. The summed E-state index contributed by atoms with van der Waals surface area (Å²) in [6.45, 7) is 1.90. The summed E-state index contributed by atoms with van der Waals surface area (Å²) in [5, 5.41) is 3.84. The largest absolute Gasteiger partial charge is 0.451 e. The lowest BCUT2D eigenvalue weighted by Gasteiger charge is -2.04. The van der Waals surface area contributed by atoms with Crippen molar-refractivity contribution < 1.29 is 9.21 Å². The molecule has 0 saturated carbocycles. The molecule has 1 heterocycles. The molecule has 1 aromatic heterocycles. The Morgan fingerprint density at radius 1 is 1.10 bits per heavy atom. The van der Waals surface area contributed by atoms with Crippen LogP contribution in [0.5, 0.6) is 0 Å². The van der Waals surface area contributed by atoms with Crippen LogP contribution in [0.2, 0.25) is 0 Å². The third kappa shape index (κ3) is 2.67. The Morgan fingerprint density at radius 3 is 2.48 bits per heavy atom. The van der Waals surface area contributed by atoms with Crippen LogP contribution in [0.1, 0.15) is 16.1 Å². The van der Waals surface area contributed by atoms with Crippen molar-refractivity contribution in [3.8, 4) is 0 Å². The lowest BCUT2D eigenvalue weighted by atomic mass is 10.1. The average Bonchev–Trinajstić information content (AvgIpc) is 2.86. The van der Waals surface area contributed by atoms with E-state index in [9.17, 15) is 4.79 Å². The van der Waals surface area contributed by atoms with Crippen molar-refractivity contribution in [3.63, 3.8) is 0 Å². The van der Waals surface area contributed by atoms with E-state index in [4.69, 9.17) is 4.42 Å². The van der Waals surface area contributed by atoms with Crippen LogP contribution in [0.3, 0.4) is 0 Å². The van der Waals surface area contributed by atoms with E-state index >= 15 is 0 Å². The molecule has 1 N–H and O–H groups in total. The number of thioether (sulfide) groups is 1. The van der Waals surface area contributed by atoms with Gasteiger partial charge in [0.05, 0.1) is 0 Å². The minimum absolute atomic E-state index is 0.222. The number of para-hydroxylation sites is 1. The molecule has 0 aliphatic rings. The van der Waals surface area contributed by atoms with Crippen molar-refractivity contribution >= 4 is 34.3 Å². The Kier molecular flexibility index (Phi) is 3.71. The Labute approximate surface area is 127 Å². The van der Waals surface area contributed by atoms with Crippen LogP contribution >= 0.6 is 11.8 Å². The summed E-state index contributed by atoms with van der Waals surface area (Å²) in [7, 11) is 0. The van der Waals surface area contributed by atoms with Gasteiger partial charge in [-0.1, -0.05) is 18.2 Å². The monoisotopic (exact) mass is 297 g/mol. The molecule has 2 aromatic carbocycles. The first-order valence-electron chi connectivity index (χ1n) is 6.62. The van der Waals surface area contributed by atoms with Gasteiger partial charge in [-0.05, 0) is 43.5 Å². The number of anilines is 1.